The third kappa shape index (κ3) is 9.76. The Morgan fingerprint density at radius 3 is 2.58 bits per heavy atom. The van der Waals surface area contributed by atoms with E-state index in [-0.39, 0.29) is 11.3 Å². The summed E-state index contributed by atoms with van der Waals surface area (Å²) in [5.74, 6) is -0.194. The maximum Gasteiger partial charge on any atom is 0.302 e. The summed E-state index contributed by atoms with van der Waals surface area (Å²) in [7, 11) is 0. The number of carbonyl (C=O) groups excluding carboxylic acids is 1. The molecule has 1 atom stereocenters. The lowest BCUT2D eigenvalue weighted by Crippen LogP contribution is -2.00. The van der Waals surface area contributed by atoms with Crippen molar-refractivity contribution >= 4 is 17.6 Å². The van der Waals surface area contributed by atoms with E-state index in [1.165, 1.54) is 6.92 Å². The summed E-state index contributed by atoms with van der Waals surface area (Å²) >= 11 is 5.76. The van der Waals surface area contributed by atoms with E-state index in [9.17, 15) is 4.79 Å². The molecule has 0 spiro atoms. The molecule has 0 bridgehead atoms. The number of esters is 1. The summed E-state index contributed by atoms with van der Waals surface area (Å²) in [4.78, 5) is 10.3. The number of alkyl halides is 1. The molecule has 0 aliphatic heterocycles. The van der Waals surface area contributed by atoms with Crippen molar-refractivity contribution in [3.8, 4) is 0 Å². The maximum absolute atomic E-state index is 10.3. The van der Waals surface area contributed by atoms with Crippen LogP contribution in [0.1, 0.15) is 39.5 Å². The molecule has 12 heavy (non-hydrogen) atoms. The van der Waals surface area contributed by atoms with Crippen LogP contribution in [0.3, 0.4) is 0 Å². The van der Waals surface area contributed by atoms with Gasteiger partial charge in [-0.05, 0) is 19.8 Å². The third-order valence-corrected chi connectivity index (χ3v) is 1.77. The van der Waals surface area contributed by atoms with E-state index in [4.69, 9.17) is 16.3 Å². The fraction of sp³-hybridized carbons (Fsp3) is 0.889. The molecule has 1 unspecified atom stereocenters. The van der Waals surface area contributed by atoms with Crippen LogP contribution in [0.4, 0.5) is 0 Å². The monoisotopic (exact) mass is 192 g/mol. The second-order valence-electron chi connectivity index (χ2n) is 2.97. The second-order valence-corrected chi connectivity index (χ2v) is 3.72. The lowest BCUT2D eigenvalue weighted by atomic mass is 10.2. The molecule has 0 amide bonds. The smallest absolute Gasteiger partial charge is 0.302 e. The van der Waals surface area contributed by atoms with Crippen LogP contribution in [-0.4, -0.2) is 18.0 Å². The van der Waals surface area contributed by atoms with Gasteiger partial charge >= 0.3 is 5.97 Å². The highest BCUT2D eigenvalue weighted by atomic mass is 35.5. The zero-order valence-electron chi connectivity index (χ0n) is 7.81. The predicted octanol–water partition coefficient (Wildman–Crippen LogP) is 2.74. The first-order valence-corrected chi connectivity index (χ1v) is 4.84. The molecule has 0 saturated carbocycles. The molecule has 0 aliphatic carbocycles. The van der Waals surface area contributed by atoms with Crippen molar-refractivity contribution in [1.29, 1.82) is 0 Å². The summed E-state index contributed by atoms with van der Waals surface area (Å²) in [5, 5.41) is 0.263. The number of ether oxygens (including phenoxy) is 1. The number of hydrogen-bond donors (Lipinski definition) is 0. The van der Waals surface area contributed by atoms with Crippen LogP contribution in [-0.2, 0) is 9.53 Å². The minimum Gasteiger partial charge on any atom is -0.466 e. The Morgan fingerprint density at radius 2 is 2.08 bits per heavy atom. The standard InChI is InChI=1S/C9H17ClO2/c1-8(10)6-4-3-5-7-12-9(2)11/h8H,3-7H2,1-2H3. The number of halogens is 1. The molecule has 3 heteroatoms. The van der Waals surface area contributed by atoms with Crippen LogP contribution in [0.25, 0.3) is 0 Å². The number of hydrogen-bond acceptors (Lipinski definition) is 2. The van der Waals surface area contributed by atoms with Gasteiger partial charge in [-0.3, -0.25) is 4.79 Å². The molecular weight excluding hydrogens is 176 g/mol. The summed E-state index contributed by atoms with van der Waals surface area (Å²) in [5.41, 5.74) is 0. The third-order valence-electron chi connectivity index (χ3n) is 1.55. The van der Waals surface area contributed by atoms with Crippen molar-refractivity contribution in [3.63, 3.8) is 0 Å². The highest BCUT2D eigenvalue weighted by Crippen LogP contribution is 2.07. The molecule has 0 fully saturated rings. The quantitative estimate of drug-likeness (QED) is 0.368. The molecule has 0 heterocycles. The Morgan fingerprint density at radius 1 is 1.42 bits per heavy atom. The lowest BCUT2D eigenvalue weighted by Gasteiger charge is -2.03. The molecule has 0 saturated heterocycles. The molecule has 0 rings (SSSR count). The number of rotatable bonds is 6. The highest BCUT2D eigenvalue weighted by Gasteiger charge is 1.96. The zero-order chi connectivity index (χ0) is 9.40. The molecule has 0 aliphatic rings. The topological polar surface area (TPSA) is 26.3 Å². The Bertz CT molecular complexity index is 124. The van der Waals surface area contributed by atoms with Crippen LogP contribution in [0.2, 0.25) is 0 Å². The Hall–Kier alpha value is -0.240. The summed E-state index contributed by atoms with van der Waals surface area (Å²) in [6.45, 7) is 3.97. The van der Waals surface area contributed by atoms with Gasteiger partial charge in [0, 0.05) is 12.3 Å². The van der Waals surface area contributed by atoms with Gasteiger partial charge in [0.15, 0.2) is 0 Å². The van der Waals surface area contributed by atoms with Crippen LogP contribution in [0.5, 0.6) is 0 Å². The minimum atomic E-state index is -0.194. The van der Waals surface area contributed by atoms with Gasteiger partial charge in [0.05, 0.1) is 6.61 Å². The van der Waals surface area contributed by atoms with E-state index in [1.807, 2.05) is 6.92 Å². The fourth-order valence-electron chi connectivity index (χ4n) is 0.920. The Kier molecular flexibility index (Phi) is 7.26. The zero-order valence-corrected chi connectivity index (χ0v) is 8.56. The van der Waals surface area contributed by atoms with E-state index in [1.54, 1.807) is 0 Å². The fourth-order valence-corrected chi connectivity index (χ4v) is 1.07. The van der Waals surface area contributed by atoms with E-state index in [2.05, 4.69) is 0 Å². The van der Waals surface area contributed by atoms with E-state index < -0.39 is 0 Å². The molecule has 0 N–H and O–H groups in total. The highest BCUT2D eigenvalue weighted by molar-refractivity contribution is 6.20. The van der Waals surface area contributed by atoms with Gasteiger partial charge < -0.3 is 4.74 Å². The minimum absolute atomic E-state index is 0.194. The lowest BCUT2D eigenvalue weighted by molar-refractivity contribution is -0.141. The molecule has 0 aromatic rings. The van der Waals surface area contributed by atoms with Gasteiger partial charge in [0.1, 0.15) is 0 Å². The summed E-state index contributed by atoms with van der Waals surface area (Å²) in [6.07, 6.45) is 4.20. The SMILES string of the molecule is CC(=O)OCCCCCC(C)Cl. The normalized spacial score (nSPS) is 12.6. The van der Waals surface area contributed by atoms with E-state index in [0.717, 1.165) is 25.7 Å². The van der Waals surface area contributed by atoms with Crippen LogP contribution < -0.4 is 0 Å². The van der Waals surface area contributed by atoms with Gasteiger partial charge in [-0.25, -0.2) is 0 Å². The van der Waals surface area contributed by atoms with Crippen LogP contribution in [0.15, 0.2) is 0 Å². The van der Waals surface area contributed by atoms with E-state index >= 15 is 0 Å². The molecule has 0 aromatic carbocycles. The molecular formula is C9H17ClO2. The number of unbranched alkanes of at least 4 members (excludes halogenated alkanes) is 2. The molecule has 72 valence electrons. The van der Waals surface area contributed by atoms with Crippen molar-refractivity contribution in [3.05, 3.63) is 0 Å². The first kappa shape index (κ1) is 11.8. The Balaban J connectivity index is 2.96. The van der Waals surface area contributed by atoms with Crippen molar-refractivity contribution < 1.29 is 9.53 Å². The average Bonchev–Trinajstić information content (AvgIpc) is 1.95. The maximum atomic E-state index is 10.3. The Labute approximate surface area is 79.2 Å². The van der Waals surface area contributed by atoms with Crippen molar-refractivity contribution in [2.24, 2.45) is 0 Å². The predicted molar refractivity (Wildman–Crippen MR) is 50.4 cm³/mol. The largest absolute Gasteiger partial charge is 0.466 e. The first-order chi connectivity index (χ1) is 5.63. The van der Waals surface area contributed by atoms with Gasteiger partial charge in [0.25, 0.3) is 0 Å². The summed E-state index contributed by atoms with van der Waals surface area (Å²) < 4.78 is 4.78. The van der Waals surface area contributed by atoms with Gasteiger partial charge in [-0.15, -0.1) is 11.6 Å². The van der Waals surface area contributed by atoms with Gasteiger partial charge in [0.2, 0.25) is 0 Å². The average molecular weight is 193 g/mol. The van der Waals surface area contributed by atoms with E-state index in [0.29, 0.717) is 6.61 Å². The van der Waals surface area contributed by atoms with Crippen molar-refractivity contribution in [2.45, 2.75) is 44.9 Å². The van der Waals surface area contributed by atoms with Gasteiger partial charge in [-0.2, -0.15) is 0 Å². The van der Waals surface area contributed by atoms with Crippen molar-refractivity contribution in [2.75, 3.05) is 6.61 Å². The molecule has 2 nitrogen and oxygen atoms in total. The van der Waals surface area contributed by atoms with Crippen molar-refractivity contribution in [1.82, 2.24) is 0 Å². The number of carbonyl (C=O) groups is 1. The van der Waals surface area contributed by atoms with Gasteiger partial charge in [-0.1, -0.05) is 12.8 Å². The van der Waals surface area contributed by atoms with Crippen LogP contribution in [0, 0.1) is 0 Å². The first-order valence-electron chi connectivity index (χ1n) is 4.40. The summed E-state index contributed by atoms with van der Waals surface area (Å²) in [6, 6.07) is 0. The second kappa shape index (κ2) is 7.41. The molecule has 0 aromatic heterocycles. The van der Waals surface area contributed by atoms with Crippen LogP contribution >= 0.6 is 11.6 Å². The molecule has 0 radical (unpaired) electrons.